The second-order valence-corrected chi connectivity index (χ2v) is 6.17. The summed E-state index contributed by atoms with van der Waals surface area (Å²) in [5.41, 5.74) is 6.26. The number of nitrogens with two attached hydrogens (primary N) is 1. The molecule has 24 heavy (non-hydrogen) atoms. The van der Waals surface area contributed by atoms with Crippen molar-refractivity contribution in [2.75, 3.05) is 6.61 Å². The van der Waals surface area contributed by atoms with Crippen LogP contribution >= 0.6 is 0 Å². The lowest BCUT2D eigenvalue weighted by molar-refractivity contribution is -0.124. The second kappa shape index (κ2) is 7.93. The molecule has 2 rings (SSSR count). The predicted molar refractivity (Wildman–Crippen MR) is 85.9 cm³/mol. The van der Waals surface area contributed by atoms with E-state index in [1.807, 2.05) is 6.92 Å². The van der Waals surface area contributed by atoms with Gasteiger partial charge in [-0.3, -0.25) is 4.79 Å². The molecular formula is C15H26N4O5. The van der Waals surface area contributed by atoms with Gasteiger partial charge in [-0.05, 0) is 19.3 Å². The van der Waals surface area contributed by atoms with E-state index in [2.05, 4.69) is 10.6 Å². The third-order valence-electron chi connectivity index (χ3n) is 4.06. The topological polar surface area (TPSA) is 161 Å². The Kier molecular flexibility index (Phi) is 6.16. The van der Waals surface area contributed by atoms with Crippen LogP contribution in [0.25, 0.3) is 0 Å². The van der Waals surface area contributed by atoms with Gasteiger partial charge in [0.25, 0.3) is 5.91 Å². The number of aliphatic hydroxyl groups excluding tert-OH is 3. The van der Waals surface area contributed by atoms with Crippen LogP contribution in [0.5, 0.6) is 0 Å². The van der Waals surface area contributed by atoms with Gasteiger partial charge in [-0.25, -0.2) is 0 Å². The highest BCUT2D eigenvalue weighted by Crippen LogP contribution is 2.22. The molecule has 0 aromatic heterocycles. The molecule has 0 aromatic carbocycles. The summed E-state index contributed by atoms with van der Waals surface area (Å²) in [6.45, 7) is 1.44. The van der Waals surface area contributed by atoms with Gasteiger partial charge in [0.2, 0.25) is 0 Å². The van der Waals surface area contributed by atoms with Crippen LogP contribution in [-0.4, -0.2) is 64.1 Å². The maximum absolute atomic E-state index is 12.5. The third-order valence-corrected chi connectivity index (χ3v) is 4.06. The summed E-state index contributed by atoms with van der Waals surface area (Å²) in [6, 6.07) is 0.143. The van der Waals surface area contributed by atoms with E-state index in [9.17, 15) is 15.0 Å². The van der Waals surface area contributed by atoms with Crippen LogP contribution in [0.2, 0.25) is 0 Å². The smallest absolute Gasteiger partial charge is 0.271 e. The summed E-state index contributed by atoms with van der Waals surface area (Å²) in [5.74, 6) is -0.616. The molecule has 4 atom stereocenters. The Morgan fingerprint density at radius 3 is 2.46 bits per heavy atom. The number of carbonyl (C=O) groups excluding carboxylic acids is 1. The van der Waals surface area contributed by atoms with Crippen LogP contribution in [-0.2, 0) is 9.53 Å². The van der Waals surface area contributed by atoms with Crippen molar-refractivity contribution in [3.63, 3.8) is 0 Å². The first-order chi connectivity index (χ1) is 11.4. The Labute approximate surface area is 140 Å². The molecule has 1 saturated heterocycles. The van der Waals surface area contributed by atoms with E-state index in [-0.39, 0.29) is 23.1 Å². The zero-order valence-electron chi connectivity index (χ0n) is 13.7. The van der Waals surface area contributed by atoms with Crippen molar-refractivity contribution in [1.82, 2.24) is 10.6 Å². The molecule has 1 aliphatic carbocycles. The van der Waals surface area contributed by atoms with E-state index >= 15 is 0 Å². The number of aliphatic hydroxyl groups is 3. The fourth-order valence-corrected chi connectivity index (χ4v) is 2.45. The molecule has 9 nitrogen and oxygen atoms in total. The summed E-state index contributed by atoms with van der Waals surface area (Å²) < 4.78 is 5.24. The zero-order valence-corrected chi connectivity index (χ0v) is 13.7. The van der Waals surface area contributed by atoms with Crippen LogP contribution in [0.15, 0.2) is 11.4 Å². The molecule has 8 N–H and O–H groups in total. The minimum absolute atomic E-state index is 0.0630. The molecule has 0 aromatic rings. The molecular weight excluding hydrogens is 316 g/mol. The number of carbonyl (C=O) groups is 1. The molecule has 1 heterocycles. The van der Waals surface area contributed by atoms with Gasteiger partial charge in [0, 0.05) is 6.04 Å². The quantitative estimate of drug-likeness (QED) is 0.204. The van der Waals surface area contributed by atoms with Gasteiger partial charge in [0.1, 0.15) is 24.0 Å². The summed E-state index contributed by atoms with van der Waals surface area (Å²) in [7, 11) is 0. The number of rotatable bonds is 8. The predicted octanol–water partition coefficient (Wildman–Crippen LogP) is -1.72. The van der Waals surface area contributed by atoms with Gasteiger partial charge >= 0.3 is 0 Å². The van der Waals surface area contributed by atoms with E-state index in [1.165, 1.54) is 0 Å². The second-order valence-electron chi connectivity index (χ2n) is 6.17. The van der Waals surface area contributed by atoms with Crippen molar-refractivity contribution in [2.24, 2.45) is 5.73 Å². The van der Waals surface area contributed by atoms with Gasteiger partial charge in [0.05, 0.1) is 18.0 Å². The molecule has 136 valence electrons. The molecule has 1 saturated carbocycles. The highest BCUT2D eigenvalue weighted by Gasteiger charge is 2.43. The lowest BCUT2D eigenvalue weighted by atomic mass is 10.1. The van der Waals surface area contributed by atoms with Crippen molar-refractivity contribution < 1.29 is 24.9 Å². The van der Waals surface area contributed by atoms with Crippen LogP contribution in [0, 0.1) is 5.41 Å². The van der Waals surface area contributed by atoms with Gasteiger partial charge < -0.3 is 41.8 Å². The van der Waals surface area contributed by atoms with Gasteiger partial charge in [-0.15, -0.1) is 0 Å². The molecule has 0 bridgehead atoms. The number of amides is 1. The number of hydrogen-bond acceptors (Lipinski definition) is 8. The normalized spacial score (nSPS) is 30.7. The zero-order chi connectivity index (χ0) is 17.9. The Hall–Kier alpha value is -1.68. The molecule has 9 heteroatoms. The lowest BCUT2D eigenvalue weighted by Gasteiger charge is -2.20. The van der Waals surface area contributed by atoms with Gasteiger partial charge in [-0.2, -0.15) is 0 Å². The fourth-order valence-electron chi connectivity index (χ4n) is 2.45. The average molecular weight is 342 g/mol. The first-order valence-electron chi connectivity index (χ1n) is 8.16. The average Bonchev–Trinajstić information content (AvgIpc) is 3.34. The maximum atomic E-state index is 12.5. The Bertz CT molecular complexity index is 520. The van der Waals surface area contributed by atoms with Gasteiger partial charge in [-0.1, -0.05) is 13.3 Å². The summed E-state index contributed by atoms with van der Waals surface area (Å²) in [5, 5.41) is 42.1. The molecule has 2 fully saturated rings. The minimum Gasteiger partial charge on any atom is -0.395 e. The third kappa shape index (κ3) is 4.23. The van der Waals surface area contributed by atoms with Crippen LogP contribution in [0.1, 0.15) is 32.6 Å². The first kappa shape index (κ1) is 18.7. The van der Waals surface area contributed by atoms with E-state index in [0.29, 0.717) is 6.42 Å². The monoisotopic (exact) mass is 342 g/mol. The van der Waals surface area contributed by atoms with E-state index in [0.717, 1.165) is 19.3 Å². The standard InChI is InChI=1S/C15H26N4O5/c1-2-3-8(16)10(17)11(18-7-4-5-7)14(23)19-15-13(22)12(21)9(6-20)24-15/h7,9,12-13,15-16,18,20-22H,2-6,17H2,1H3,(H,19,23)/b11-10+,16-8?. The summed E-state index contributed by atoms with van der Waals surface area (Å²) >= 11 is 0. The van der Waals surface area contributed by atoms with E-state index in [4.69, 9.17) is 21.0 Å². The lowest BCUT2D eigenvalue weighted by Crippen LogP contribution is -2.47. The Morgan fingerprint density at radius 2 is 1.96 bits per heavy atom. The summed E-state index contributed by atoms with van der Waals surface area (Å²) in [6.07, 6.45) is -1.77. The number of ether oxygens (including phenoxy) is 1. The molecule has 4 unspecified atom stereocenters. The highest BCUT2D eigenvalue weighted by atomic mass is 16.6. The number of nitrogens with one attached hydrogen (secondary N) is 3. The van der Waals surface area contributed by atoms with Crippen molar-refractivity contribution in [1.29, 1.82) is 5.41 Å². The Morgan fingerprint density at radius 1 is 1.29 bits per heavy atom. The van der Waals surface area contributed by atoms with Crippen LogP contribution < -0.4 is 16.4 Å². The minimum atomic E-state index is -1.36. The van der Waals surface area contributed by atoms with Crippen LogP contribution in [0.3, 0.4) is 0 Å². The fraction of sp³-hybridized carbons (Fsp3) is 0.733. The molecule has 1 amide bonds. The molecule has 2 aliphatic rings. The van der Waals surface area contributed by atoms with E-state index in [1.54, 1.807) is 0 Å². The van der Waals surface area contributed by atoms with Crippen LogP contribution in [0.4, 0.5) is 0 Å². The van der Waals surface area contributed by atoms with Crippen molar-refractivity contribution in [2.45, 2.75) is 63.2 Å². The van der Waals surface area contributed by atoms with Crippen molar-refractivity contribution in [3.05, 3.63) is 11.4 Å². The largest absolute Gasteiger partial charge is 0.395 e. The first-order valence-corrected chi connectivity index (χ1v) is 8.16. The summed E-state index contributed by atoms with van der Waals surface area (Å²) in [4.78, 5) is 12.5. The van der Waals surface area contributed by atoms with E-state index < -0.39 is 37.1 Å². The number of hydrogen-bond donors (Lipinski definition) is 7. The molecule has 0 radical (unpaired) electrons. The number of allylic oxidation sites excluding steroid dienone is 1. The SMILES string of the molecule is CCCC(=N)/C(N)=C(\NC1CC1)C(=O)NC1OC(CO)C(O)C1O. The Balaban J connectivity index is 2.10. The van der Waals surface area contributed by atoms with Gasteiger partial charge in [0.15, 0.2) is 6.23 Å². The maximum Gasteiger partial charge on any atom is 0.271 e. The van der Waals surface area contributed by atoms with Crippen molar-refractivity contribution >= 4 is 11.6 Å². The molecule has 0 spiro atoms. The highest BCUT2D eigenvalue weighted by molar-refractivity contribution is 6.05. The van der Waals surface area contributed by atoms with Crippen molar-refractivity contribution in [3.8, 4) is 0 Å². The molecule has 1 aliphatic heterocycles.